The highest BCUT2D eigenvalue weighted by atomic mass is 16.3. The summed E-state index contributed by atoms with van der Waals surface area (Å²) in [6.07, 6.45) is 0. The second-order valence-corrected chi connectivity index (χ2v) is 20.1. The van der Waals surface area contributed by atoms with Gasteiger partial charge in [-0.2, -0.15) is 0 Å². The van der Waals surface area contributed by atoms with Crippen LogP contribution in [0.2, 0.25) is 0 Å². The maximum atomic E-state index is 7.22. The Bertz CT molecular complexity index is 5200. The molecule has 0 N–H and O–H groups in total. The molecule has 3 heterocycles. The molecule has 0 unspecified atom stereocenters. The summed E-state index contributed by atoms with van der Waals surface area (Å²) >= 11 is 0. The van der Waals surface area contributed by atoms with E-state index in [-0.39, 0.29) is 0 Å². The van der Waals surface area contributed by atoms with Gasteiger partial charge in [-0.25, -0.2) is 0 Å². The first-order chi connectivity index (χ1) is 37.2. The van der Waals surface area contributed by atoms with Gasteiger partial charge in [0.15, 0.2) is 0 Å². The molecule has 0 aliphatic carbocycles. The Labute approximate surface area is 428 Å². The average molecular weight is 953 g/mol. The molecule has 3 nitrogen and oxygen atoms in total. The lowest BCUT2D eigenvalue weighted by Crippen LogP contribution is -1.91. The summed E-state index contributed by atoms with van der Waals surface area (Å²) in [5.74, 6) is 0. The lowest BCUT2D eigenvalue weighted by molar-refractivity contribution is 0.669. The van der Waals surface area contributed by atoms with E-state index >= 15 is 0 Å². The summed E-state index contributed by atoms with van der Waals surface area (Å²) < 4.78 is 20.2. The molecule has 0 amide bonds. The number of benzene rings is 14. The van der Waals surface area contributed by atoms with Gasteiger partial charge in [0.1, 0.15) is 33.5 Å². The van der Waals surface area contributed by atoms with E-state index in [1.165, 1.54) is 81.3 Å². The lowest BCUT2D eigenvalue weighted by atomic mass is 9.85. The van der Waals surface area contributed by atoms with Crippen molar-refractivity contribution in [1.29, 1.82) is 0 Å². The van der Waals surface area contributed by atoms with E-state index in [1.54, 1.807) is 0 Å². The number of furan rings is 3. The second kappa shape index (κ2) is 15.3. The average Bonchev–Trinajstić information content (AvgIpc) is 4.18. The molecule has 0 spiro atoms. The van der Waals surface area contributed by atoms with Gasteiger partial charge >= 0.3 is 0 Å². The predicted octanol–water partition coefficient (Wildman–Crippen LogP) is 21.0. The summed E-state index contributed by atoms with van der Waals surface area (Å²) in [7, 11) is 0. The van der Waals surface area contributed by atoms with E-state index in [4.69, 9.17) is 13.3 Å². The summed E-state index contributed by atoms with van der Waals surface area (Å²) in [4.78, 5) is 0. The van der Waals surface area contributed by atoms with Crippen molar-refractivity contribution in [3.63, 3.8) is 0 Å². The fourth-order valence-electron chi connectivity index (χ4n) is 13.0. The van der Waals surface area contributed by atoms with Crippen LogP contribution in [0.4, 0.5) is 0 Å². The first kappa shape index (κ1) is 40.6. The standard InChI is InChI=1S/C72H40O3/c1-3-16-46-41(14-1)29-36-63-70(46)59-38-43(31-34-61(59)73-63)66-49-18-5-7-20-51(49)68(52-21-8-6-19-50(52)66)45-28-33-48-57-26-13-27-58(72(57)75-65(48)40-45)69-55-24-11-9-22-53(55)67(54-23-10-12-25-56(54)69)44-32-35-62-60(39-44)71-47-17-4-2-15-42(47)30-37-64(71)74-62/h1-40H. The molecule has 0 radical (unpaired) electrons. The van der Waals surface area contributed by atoms with Gasteiger partial charge < -0.3 is 13.3 Å². The Kier molecular flexibility index (Phi) is 8.28. The van der Waals surface area contributed by atoms with Crippen molar-refractivity contribution >= 4 is 130 Å². The van der Waals surface area contributed by atoms with Gasteiger partial charge in [-0.15, -0.1) is 0 Å². The SMILES string of the molecule is c1ccc2c(c1)ccc1oc3ccc(-c4c5ccccc5c(-c5ccc6c(c5)oc5c(-c7c8ccccc8c(-c8ccc9oc%10ccc%11ccccc%11c%10c9c8)c8ccccc78)cccc56)c5ccccc45)cc3c12. The van der Waals surface area contributed by atoms with Gasteiger partial charge in [-0.3, -0.25) is 0 Å². The van der Waals surface area contributed by atoms with Crippen molar-refractivity contribution in [2.75, 3.05) is 0 Å². The number of para-hydroxylation sites is 1. The van der Waals surface area contributed by atoms with Crippen LogP contribution in [-0.2, 0) is 0 Å². The molecule has 17 rings (SSSR count). The van der Waals surface area contributed by atoms with Crippen molar-refractivity contribution in [3.8, 4) is 44.5 Å². The van der Waals surface area contributed by atoms with Gasteiger partial charge in [0.25, 0.3) is 0 Å². The highest BCUT2D eigenvalue weighted by Gasteiger charge is 2.24. The molecule has 17 aromatic rings. The van der Waals surface area contributed by atoms with Crippen LogP contribution < -0.4 is 0 Å². The molecule has 0 atom stereocenters. The van der Waals surface area contributed by atoms with Crippen LogP contribution in [0.3, 0.4) is 0 Å². The molecule has 3 heteroatoms. The normalized spacial score (nSPS) is 12.3. The zero-order valence-corrected chi connectivity index (χ0v) is 40.3. The maximum absolute atomic E-state index is 7.22. The summed E-state index contributed by atoms with van der Waals surface area (Å²) in [5.41, 5.74) is 14.6. The van der Waals surface area contributed by atoms with Crippen molar-refractivity contribution in [3.05, 3.63) is 243 Å². The van der Waals surface area contributed by atoms with Gasteiger partial charge in [0.05, 0.1) is 0 Å². The number of hydrogen-bond acceptors (Lipinski definition) is 3. The Balaban J connectivity index is 0.852. The van der Waals surface area contributed by atoms with E-state index in [2.05, 4.69) is 243 Å². The van der Waals surface area contributed by atoms with Crippen molar-refractivity contribution in [2.45, 2.75) is 0 Å². The van der Waals surface area contributed by atoms with Crippen LogP contribution >= 0.6 is 0 Å². The minimum atomic E-state index is 0.857. The largest absolute Gasteiger partial charge is 0.456 e. The summed E-state index contributed by atoms with van der Waals surface area (Å²) in [6.45, 7) is 0. The number of fused-ring (bicyclic) bond motifs is 17. The fraction of sp³-hybridized carbons (Fsp3) is 0. The Morgan fingerprint density at radius 2 is 0.573 bits per heavy atom. The minimum Gasteiger partial charge on any atom is -0.456 e. The molecule has 75 heavy (non-hydrogen) atoms. The molecular formula is C72H40O3. The summed E-state index contributed by atoms with van der Waals surface area (Å²) in [5, 5.41) is 21.0. The lowest BCUT2D eigenvalue weighted by Gasteiger charge is -2.18. The molecular weight excluding hydrogens is 913 g/mol. The molecule has 0 bridgehead atoms. The fourth-order valence-corrected chi connectivity index (χ4v) is 13.0. The monoisotopic (exact) mass is 952 g/mol. The van der Waals surface area contributed by atoms with Crippen LogP contribution in [0.15, 0.2) is 256 Å². The van der Waals surface area contributed by atoms with Gasteiger partial charge in [-0.1, -0.05) is 194 Å². The third-order valence-corrected chi connectivity index (χ3v) is 16.2. The van der Waals surface area contributed by atoms with E-state index in [0.29, 0.717) is 0 Å². The Hall–Kier alpha value is -9.96. The van der Waals surface area contributed by atoms with Crippen molar-refractivity contribution in [2.24, 2.45) is 0 Å². The van der Waals surface area contributed by atoms with Crippen molar-refractivity contribution < 1.29 is 13.3 Å². The number of hydrogen-bond donors (Lipinski definition) is 0. The topological polar surface area (TPSA) is 39.4 Å². The minimum absolute atomic E-state index is 0.857. The molecule has 346 valence electrons. The van der Waals surface area contributed by atoms with Crippen LogP contribution in [0.1, 0.15) is 0 Å². The maximum Gasteiger partial charge on any atom is 0.143 e. The second-order valence-electron chi connectivity index (χ2n) is 20.1. The van der Waals surface area contributed by atoms with Gasteiger partial charge in [0, 0.05) is 43.4 Å². The van der Waals surface area contributed by atoms with Gasteiger partial charge in [0.2, 0.25) is 0 Å². The smallest absolute Gasteiger partial charge is 0.143 e. The van der Waals surface area contributed by atoms with E-state index in [9.17, 15) is 0 Å². The van der Waals surface area contributed by atoms with Crippen LogP contribution in [-0.4, -0.2) is 0 Å². The van der Waals surface area contributed by atoms with E-state index in [0.717, 1.165) is 93.6 Å². The molecule has 3 aromatic heterocycles. The molecule has 0 aliphatic heterocycles. The molecule has 0 saturated carbocycles. The highest BCUT2D eigenvalue weighted by Crippen LogP contribution is 2.50. The van der Waals surface area contributed by atoms with Crippen LogP contribution in [0.25, 0.3) is 175 Å². The van der Waals surface area contributed by atoms with Crippen LogP contribution in [0, 0.1) is 0 Å². The zero-order chi connectivity index (χ0) is 48.9. The first-order valence-electron chi connectivity index (χ1n) is 25.7. The summed E-state index contributed by atoms with van der Waals surface area (Å²) in [6, 6.07) is 88.0. The molecule has 0 saturated heterocycles. The van der Waals surface area contributed by atoms with Crippen LogP contribution in [0.5, 0.6) is 0 Å². The Morgan fingerprint density at radius 3 is 1.04 bits per heavy atom. The van der Waals surface area contributed by atoms with E-state index in [1.807, 2.05) is 0 Å². The molecule has 0 aliphatic rings. The third-order valence-electron chi connectivity index (χ3n) is 16.2. The van der Waals surface area contributed by atoms with Gasteiger partial charge in [-0.05, 0) is 147 Å². The highest BCUT2D eigenvalue weighted by molar-refractivity contribution is 6.27. The third kappa shape index (κ3) is 5.75. The van der Waals surface area contributed by atoms with Crippen molar-refractivity contribution in [1.82, 2.24) is 0 Å². The quantitative estimate of drug-likeness (QED) is 0.165. The van der Waals surface area contributed by atoms with E-state index < -0.39 is 0 Å². The molecule has 0 fully saturated rings. The first-order valence-corrected chi connectivity index (χ1v) is 25.7. The zero-order valence-electron chi connectivity index (χ0n) is 40.3. The Morgan fingerprint density at radius 1 is 0.200 bits per heavy atom. The predicted molar refractivity (Wildman–Crippen MR) is 315 cm³/mol. The number of rotatable bonds is 4. The molecule has 14 aromatic carbocycles.